The summed E-state index contributed by atoms with van der Waals surface area (Å²) in [6.45, 7) is 0.0573. The van der Waals surface area contributed by atoms with Crippen molar-refractivity contribution in [1.82, 2.24) is 4.72 Å². The maximum absolute atomic E-state index is 13.0. The molecule has 0 spiro atoms. The molecule has 1 fully saturated rings. The van der Waals surface area contributed by atoms with Crippen molar-refractivity contribution < 1.29 is 21.6 Å². The summed E-state index contributed by atoms with van der Waals surface area (Å²) in [7, 11) is -4.28. The van der Waals surface area contributed by atoms with Crippen molar-refractivity contribution in [3.63, 3.8) is 0 Å². The third kappa shape index (κ3) is 4.58. The molecule has 1 aromatic rings. The lowest BCUT2D eigenvalue weighted by molar-refractivity contribution is -0.139. The maximum atomic E-state index is 13.0. The maximum Gasteiger partial charge on any atom is 0.417 e. The molecular weight excluding hydrogens is 409 g/mol. The second-order valence-electron chi connectivity index (χ2n) is 4.94. The van der Waals surface area contributed by atoms with Crippen LogP contribution in [0.3, 0.4) is 0 Å². The van der Waals surface area contributed by atoms with Gasteiger partial charge >= 0.3 is 6.18 Å². The summed E-state index contributed by atoms with van der Waals surface area (Å²) in [5.74, 6) is 0.106. The first-order chi connectivity index (χ1) is 9.65. The molecule has 0 aromatic heterocycles. The fourth-order valence-electron chi connectivity index (χ4n) is 2.06. The van der Waals surface area contributed by atoms with Gasteiger partial charge in [0, 0.05) is 17.1 Å². The standard InChI is InChI=1S/C12H14BrF3N2O2S.ClH/c13-8-3-4-11(9(5-8)12(14,15)16)21(19,20)18-10(6-17)7-1-2-7;/h3-5,7,10,18H,1-2,6,17H2;1H. The summed E-state index contributed by atoms with van der Waals surface area (Å²) in [4.78, 5) is -0.780. The topological polar surface area (TPSA) is 72.2 Å². The molecule has 126 valence electrons. The molecule has 1 atom stereocenters. The van der Waals surface area contributed by atoms with E-state index in [-0.39, 0.29) is 29.3 Å². The second kappa shape index (κ2) is 7.04. The molecule has 10 heteroatoms. The lowest BCUT2D eigenvalue weighted by Crippen LogP contribution is -2.42. The van der Waals surface area contributed by atoms with Crippen molar-refractivity contribution in [3.8, 4) is 0 Å². The highest BCUT2D eigenvalue weighted by Crippen LogP contribution is 2.37. The third-order valence-electron chi connectivity index (χ3n) is 3.29. The van der Waals surface area contributed by atoms with E-state index in [0.29, 0.717) is 0 Å². The fraction of sp³-hybridized carbons (Fsp3) is 0.500. The minimum Gasteiger partial charge on any atom is -0.329 e. The Morgan fingerprint density at radius 3 is 2.41 bits per heavy atom. The first-order valence-corrected chi connectivity index (χ1v) is 8.52. The minimum absolute atomic E-state index is 0. The van der Waals surface area contributed by atoms with Crippen LogP contribution in [0.15, 0.2) is 27.6 Å². The summed E-state index contributed by atoms with van der Waals surface area (Å²) in [5, 5.41) is 0. The van der Waals surface area contributed by atoms with Gasteiger partial charge in [-0.3, -0.25) is 0 Å². The smallest absolute Gasteiger partial charge is 0.329 e. The number of halogens is 5. The predicted octanol–water partition coefficient (Wildman–Crippen LogP) is 2.91. The molecule has 3 N–H and O–H groups in total. The molecule has 0 bridgehead atoms. The number of benzene rings is 1. The third-order valence-corrected chi connectivity index (χ3v) is 5.33. The van der Waals surface area contributed by atoms with Gasteiger partial charge in [0.1, 0.15) is 0 Å². The Kier molecular flexibility index (Phi) is 6.30. The highest BCUT2D eigenvalue weighted by Gasteiger charge is 2.39. The molecule has 0 saturated heterocycles. The van der Waals surface area contributed by atoms with Crippen molar-refractivity contribution in [1.29, 1.82) is 0 Å². The van der Waals surface area contributed by atoms with E-state index in [1.54, 1.807) is 0 Å². The number of alkyl halides is 3. The quantitative estimate of drug-likeness (QED) is 0.765. The molecule has 0 heterocycles. The molecule has 0 aliphatic heterocycles. The number of hydrogen-bond donors (Lipinski definition) is 2. The average Bonchev–Trinajstić information content (AvgIpc) is 3.18. The van der Waals surface area contributed by atoms with Gasteiger partial charge in [-0.1, -0.05) is 15.9 Å². The zero-order valence-electron chi connectivity index (χ0n) is 11.2. The van der Waals surface area contributed by atoms with Gasteiger partial charge in [-0.2, -0.15) is 13.2 Å². The Morgan fingerprint density at radius 2 is 1.95 bits per heavy atom. The zero-order valence-corrected chi connectivity index (χ0v) is 14.4. The predicted molar refractivity (Wildman–Crippen MR) is 82.3 cm³/mol. The number of hydrogen-bond acceptors (Lipinski definition) is 3. The monoisotopic (exact) mass is 422 g/mol. The van der Waals surface area contributed by atoms with E-state index in [4.69, 9.17) is 5.73 Å². The van der Waals surface area contributed by atoms with E-state index in [2.05, 4.69) is 20.7 Å². The highest BCUT2D eigenvalue weighted by atomic mass is 79.9. The van der Waals surface area contributed by atoms with Crippen molar-refractivity contribution in [2.24, 2.45) is 11.7 Å². The molecule has 0 amide bonds. The zero-order chi connectivity index (χ0) is 15.8. The Bertz CT molecular complexity index is 636. The van der Waals surface area contributed by atoms with Gasteiger partial charge in [0.25, 0.3) is 0 Å². The molecule has 1 aromatic carbocycles. The van der Waals surface area contributed by atoms with E-state index >= 15 is 0 Å². The largest absolute Gasteiger partial charge is 0.417 e. The van der Waals surface area contributed by atoms with Crippen LogP contribution in [0.2, 0.25) is 0 Å². The summed E-state index contributed by atoms with van der Waals surface area (Å²) in [5.41, 5.74) is 4.29. The molecule has 1 aliphatic carbocycles. The summed E-state index contributed by atoms with van der Waals surface area (Å²) in [6, 6.07) is 2.43. The lowest BCUT2D eigenvalue weighted by Gasteiger charge is -2.19. The van der Waals surface area contributed by atoms with Crippen LogP contribution in [-0.4, -0.2) is 21.0 Å². The SMILES string of the molecule is Cl.NCC(NS(=O)(=O)c1ccc(Br)cc1C(F)(F)F)C1CC1. The second-order valence-corrected chi connectivity index (χ2v) is 7.54. The van der Waals surface area contributed by atoms with Crippen LogP contribution in [0.5, 0.6) is 0 Å². The highest BCUT2D eigenvalue weighted by molar-refractivity contribution is 9.10. The minimum atomic E-state index is -4.76. The number of sulfonamides is 1. The molecule has 22 heavy (non-hydrogen) atoms. The first-order valence-electron chi connectivity index (χ1n) is 6.24. The van der Waals surface area contributed by atoms with Crippen LogP contribution in [0.1, 0.15) is 18.4 Å². The van der Waals surface area contributed by atoms with E-state index in [9.17, 15) is 21.6 Å². The van der Waals surface area contributed by atoms with Gasteiger partial charge in [0.15, 0.2) is 0 Å². The van der Waals surface area contributed by atoms with Crippen molar-refractivity contribution in [2.75, 3.05) is 6.54 Å². The Balaban J connectivity index is 0.00000242. The summed E-state index contributed by atoms with van der Waals surface area (Å²) >= 11 is 2.92. The molecule has 1 aliphatic rings. The number of nitrogens with one attached hydrogen (secondary N) is 1. The van der Waals surface area contributed by atoms with Crippen molar-refractivity contribution >= 4 is 38.4 Å². The molecule has 1 unspecified atom stereocenters. The number of nitrogens with two attached hydrogens (primary N) is 1. The van der Waals surface area contributed by atoms with Crippen LogP contribution in [0, 0.1) is 5.92 Å². The van der Waals surface area contributed by atoms with Gasteiger partial charge in [-0.25, -0.2) is 13.1 Å². The van der Waals surface area contributed by atoms with Crippen LogP contribution in [0.4, 0.5) is 13.2 Å². The molecule has 1 saturated carbocycles. The van der Waals surface area contributed by atoms with E-state index in [1.807, 2.05) is 0 Å². The fourth-order valence-corrected chi connectivity index (χ4v) is 3.94. The lowest BCUT2D eigenvalue weighted by atomic mass is 10.2. The summed E-state index contributed by atoms with van der Waals surface area (Å²) in [6.07, 6.45) is -3.10. The average molecular weight is 424 g/mol. The first kappa shape index (κ1) is 19.7. The van der Waals surface area contributed by atoms with E-state index < -0.39 is 32.7 Å². The molecule has 2 rings (SSSR count). The molecule has 4 nitrogen and oxygen atoms in total. The normalized spacial score (nSPS) is 17.0. The Labute approximate surface area is 141 Å². The van der Waals surface area contributed by atoms with Crippen LogP contribution < -0.4 is 10.5 Å². The van der Waals surface area contributed by atoms with E-state index in [0.717, 1.165) is 25.0 Å². The van der Waals surface area contributed by atoms with Crippen LogP contribution in [0.25, 0.3) is 0 Å². The van der Waals surface area contributed by atoms with Gasteiger partial charge in [-0.05, 0) is 37.0 Å². The van der Waals surface area contributed by atoms with Crippen LogP contribution in [-0.2, 0) is 16.2 Å². The van der Waals surface area contributed by atoms with Crippen LogP contribution >= 0.6 is 28.3 Å². The summed E-state index contributed by atoms with van der Waals surface area (Å²) < 4.78 is 65.9. The Hall–Kier alpha value is -0.350. The molecular formula is C12H15BrClF3N2O2S. The van der Waals surface area contributed by atoms with E-state index in [1.165, 1.54) is 6.07 Å². The number of rotatable bonds is 5. The molecule has 0 radical (unpaired) electrons. The van der Waals surface area contributed by atoms with Gasteiger partial charge in [-0.15, -0.1) is 12.4 Å². The van der Waals surface area contributed by atoms with Gasteiger partial charge in [0.05, 0.1) is 10.5 Å². The van der Waals surface area contributed by atoms with Gasteiger partial charge in [0.2, 0.25) is 10.0 Å². The Morgan fingerprint density at radius 1 is 1.36 bits per heavy atom. The van der Waals surface area contributed by atoms with Crippen molar-refractivity contribution in [2.45, 2.75) is 30.0 Å². The van der Waals surface area contributed by atoms with Crippen molar-refractivity contribution in [3.05, 3.63) is 28.2 Å². The van der Waals surface area contributed by atoms with Gasteiger partial charge < -0.3 is 5.73 Å².